The second-order valence-corrected chi connectivity index (χ2v) is 7.01. The van der Waals surface area contributed by atoms with Gasteiger partial charge in [-0.3, -0.25) is 0 Å². The van der Waals surface area contributed by atoms with E-state index < -0.39 is 0 Å². The Hall–Kier alpha value is -2.34. The molecule has 1 aliphatic heterocycles. The number of hydrogen-bond acceptors (Lipinski definition) is 6. The van der Waals surface area contributed by atoms with Crippen molar-refractivity contribution in [3.63, 3.8) is 0 Å². The van der Waals surface area contributed by atoms with Crippen molar-refractivity contribution < 1.29 is 9.57 Å². The number of rotatable bonds is 8. The highest BCUT2D eigenvalue weighted by Gasteiger charge is 2.20. The van der Waals surface area contributed by atoms with Crippen molar-refractivity contribution in [2.45, 2.75) is 25.7 Å². The quantitative estimate of drug-likeness (QED) is 0.385. The van der Waals surface area contributed by atoms with E-state index in [1.165, 1.54) is 26.4 Å². The minimum absolute atomic E-state index is 0.435. The lowest BCUT2D eigenvalue weighted by atomic mass is 9.92. The molecule has 0 atom stereocenters. The van der Waals surface area contributed by atoms with Gasteiger partial charge in [0.1, 0.15) is 12.9 Å². The zero-order chi connectivity index (χ0) is 18.9. The summed E-state index contributed by atoms with van der Waals surface area (Å²) in [6, 6.07) is 11.6. The number of anilines is 1. The van der Waals surface area contributed by atoms with Gasteiger partial charge in [-0.1, -0.05) is 28.9 Å². The highest BCUT2D eigenvalue weighted by molar-refractivity contribution is 6.29. The highest BCUT2D eigenvalue weighted by Crippen LogP contribution is 2.25. The Balaban J connectivity index is 1.36. The van der Waals surface area contributed by atoms with Crippen LogP contribution >= 0.6 is 11.6 Å². The molecule has 1 fully saturated rings. The Morgan fingerprint density at radius 3 is 2.81 bits per heavy atom. The third kappa shape index (κ3) is 6.10. The van der Waals surface area contributed by atoms with Gasteiger partial charge in [-0.2, -0.15) is 0 Å². The fourth-order valence-corrected chi connectivity index (χ4v) is 3.39. The molecule has 0 N–H and O–H groups in total. The number of hydrogen-bond donors (Lipinski definition) is 0. The molecule has 0 bridgehead atoms. The average Bonchev–Trinajstić information content (AvgIpc) is 2.71. The van der Waals surface area contributed by atoms with E-state index in [1.807, 2.05) is 30.3 Å². The topological polar surface area (TPSA) is 59.8 Å². The summed E-state index contributed by atoms with van der Waals surface area (Å²) in [7, 11) is 1.53. The summed E-state index contributed by atoms with van der Waals surface area (Å²) in [4.78, 5) is 6.99. The van der Waals surface area contributed by atoms with Gasteiger partial charge in [0.25, 0.3) is 0 Å². The molecule has 0 radical (unpaired) electrons. The van der Waals surface area contributed by atoms with Crippen LogP contribution in [0.25, 0.3) is 0 Å². The first-order valence-electron chi connectivity index (χ1n) is 9.28. The molecule has 0 aliphatic carbocycles. The van der Waals surface area contributed by atoms with Crippen LogP contribution in [0.1, 0.15) is 31.2 Å². The lowest BCUT2D eigenvalue weighted by Crippen LogP contribution is -2.34. The van der Waals surface area contributed by atoms with E-state index in [0.29, 0.717) is 5.15 Å². The molecule has 144 valence electrons. The number of ether oxygens (including phenoxy) is 1. The second kappa shape index (κ2) is 10.1. The Morgan fingerprint density at radius 2 is 2.07 bits per heavy atom. The minimum Gasteiger partial charge on any atom is -0.494 e. The summed E-state index contributed by atoms with van der Waals surface area (Å²) < 4.78 is 5.88. The van der Waals surface area contributed by atoms with Crippen molar-refractivity contribution in [1.29, 1.82) is 0 Å². The maximum absolute atomic E-state index is 5.88. The van der Waals surface area contributed by atoms with Crippen molar-refractivity contribution in [2.24, 2.45) is 11.1 Å². The van der Waals surface area contributed by atoms with Gasteiger partial charge < -0.3 is 14.5 Å². The number of aromatic nitrogens is 2. The Morgan fingerprint density at radius 1 is 1.22 bits per heavy atom. The monoisotopic (exact) mass is 388 g/mol. The summed E-state index contributed by atoms with van der Waals surface area (Å²) >= 11 is 5.80. The molecule has 2 heterocycles. The first-order chi connectivity index (χ1) is 13.2. The van der Waals surface area contributed by atoms with Gasteiger partial charge in [-0.05, 0) is 61.4 Å². The molecule has 1 saturated heterocycles. The van der Waals surface area contributed by atoms with Crippen LogP contribution in [0, 0.1) is 5.92 Å². The Labute approximate surface area is 165 Å². The summed E-state index contributed by atoms with van der Waals surface area (Å²) in [6.45, 7) is 2.76. The predicted octanol–water partition coefficient (Wildman–Crippen LogP) is 4.19. The van der Waals surface area contributed by atoms with E-state index in [-0.39, 0.29) is 0 Å². The molecule has 6 nitrogen and oxygen atoms in total. The SMILES string of the molecule is CON=Cc1cccc(OCCCC2CCN(c3ccc(Cl)nn3)CC2)c1. The number of piperidine rings is 1. The van der Waals surface area contributed by atoms with E-state index in [9.17, 15) is 0 Å². The largest absolute Gasteiger partial charge is 0.494 e. The molecule has 1 aromatic carbocycles. The van der Waals surface area contributed by atoms with Crippen LogP contribution in [0.2, 0.25) is 5.15 Å². The zero-order valence-electron chi connectivity index (χ0n) is 15.6. The third-order valence-electron chi connectivity index (χ3n) is 4.75. The van der Waals surface area contributed by atoms with Gasteiger partial charge in [0.2, 0.25) is 0 Å². The minimum atomic E-state index is 0.435. The van der Waals surface area contributed by atoms with E-state index in [4.69, 9.17) is 21.2 Å². The van der Waals surface area contributed by atoms with E-state index in [0.717, 1.165) is 49.2 Å². The van der Waals surface area contributed by atoms with Crippen LogP contribution in [-0.2, 0) is 4.84 Å². The van der Waals surface area contributed by atoms with Crippen molar-refractivity contribution in [1.82, 2.24) is 10.2 Å². The van der Waals surface area contributed by atoms with Crippen molar-refractivity contribution >= 4 is 23.6 Å². The Kier molecular flexibility index (Phi) is 7.27. The molecule has 2 aromatic rings. The standard InChI is InChI=1S/C20H25ClN4O2/c1-26-22-15-17-4-2-6-18(14-17)27-13-3-5-16-9-11-25(12-10-16)20-8-7-19(21)23-24-20/h2,4,6-8,14-16H,3,5,9-13H2,1H3. The zero-order valence-corrected chi connectivity index (χ0v) is 16.3. The van der Waals surface area contributed by atoms with E-state index >= 15 is 0 Å². The molecule has 0 saturated carbocycles. The van der Waals surface area contributed by atoms with Crippen LogP contribution in [0.15, 0.2) is 41.6 Å². The number of benzene rings is 1. The molecule has 1 aromatic heterocycles. The van der Waals surface area contributed by atoms with Crippen LogP contribution < -0.4 is 9.64 Å². The number of nitrogens with zero attached hydrogens (tertiary/aromatic N) is 4. The predicted molar refractivity (Wildman–Crippen MR) is 108 cm³/mol. The molecule has 1 aliphatic rings. The van der Waals surface area contributed by atoms with Gasteiger partial charge in [0.05, 0.1) is 12.8 Å². The van der Waals surface area contributed by atoms with Crippen LogP contribution in [-0.4, -0.2) is 43.2 Å². The normalized spacial score (nSPS) is 15.3. The molecular formula is C20H25ClN4O2. The van der Waals surface area contributed by atoms with Crippen LogP contribution in [0.4, 0.5) is 5.82 Å². The van der Waals surface area contributed by atoms with Gasteiger partial charge in [-0.15, -0.1) is 10.2 Å². The molecule has 0 unspecified atom stereocenters. The lowest BCUT2D eigenvalue weighted by Gasteiger charge is -2.32. The first-order valence-corrected chi connectivity index (χ1v) is 9.66. The molecular weight excluding hydrogens is 364 g/mol. The second-order valence-electron chi connectivity index (χ2n) is 6.62. The van der Waals surface area contributed by atoms with Gasteiger partial charge in [-0.25, -0.2) is 0 Å². The summed E-state index contributed by atoms with van der Waals surface area (Å²) in [5, 5.41) is 12.3. The van der Waals surface area contributed by atoms with Crippen molar-refractivity contribution in [2.75, 3.05) is 31.7 Å². The molecule has 3 rings (SSSR count). The van der Waals surface area contributed by atoms with Crippen molar-refractivity contribution in [3.8, 4) is 5.75 Å². The van der Waals surface area contributed by atoms with Gasteiger partial charge >= 0.3 is 0 Å². The van der Waals surface area contributed by atoms with Crippen LogP contribution in [0.5, 0.6) is 5.75 Å². The first kappa shape index (κ1) is 19.4. The van der Waals surface area contributed by atoms with E-state index in [2.05, 4.69) is 20.3 Å². The summed E-state index contributed by atoms with van der Waals surface area (Å²) in [5.74, 6) is 2.52. The average molecular weight is 389 g/mol. The fraction of sp³-hybridized carbons (Fsp3) is 0.450. The van der Waals surface area contributed by atoms with Crippen LogP contribution in [0.3, 0.4) is 0 Å². The molecule has 7 heteroatoms. The van der Waals surface area contributed by atoms with Crippen molar-refractivity contribution in [3.05, 3.63) is 47.1 Å². The molecule has 0 spiro atoms. The summed E-state index contributed by atoms with van der Waals surface area (Å²) in [5.41, 5.74) is 0.965. The van der Waals surface area contributed by atoms with Gasteiger partial charge in [0.15, 0.2) is 11.0 Å². The molecule has 0 amide bonds. The molecule has 27 heavy (non-hydrogen) atoms. The Bertz CT molecular complexity index is 731. The number of oxime groups is 1. The number of halogens is 1. The maximum atomic E-state index is 5.88. The van der Waals surface area contributed by atoms with E-state index in [1.54, 1.807) is 12.3 Å². The third-order valence-corrected chi connectivity index (χ3v) is 4.95. The highest BCUT2D eigenvalue weighted by atomic mass is 35.5. The maximum Gasteiger partial charge on any atom is 0.151 e. The summed E-state index contributed by atoms with van der Waals surface area (Å²) in [6.07, 6.45) is 6.26. The smallest absolute Gasteiger partial charge is 0.151 e. The fourth-order valence-electron chi connectivity index (χ4n) is 3.29. The lowest BCUT2D eigenvalue weighted by molar-refractivity contribution is 0.215. The van der Waals surface area contributed by atoms with Gasteiger partial charge in [0, 0.05) is 13.1 Å².